The summed E-state index contributed by atoms with van der Waals surface area (Å²) in [6.07, 6.45) is 2.02. The van der Waals surface area contributed by atoms with E-state index in [0.29, 0.717) is 13.1 Å². The number of aromatic amines is 1. The highest BCUT2D eigenvalue weighted by Gasteiger charge is 2.26. The average molecular weight is 364 g/mol. The van der Waals surface area contributed by atoms with Crippen LogP contribution in [0, 0.1) is 0 Å². The normalized spacial score (nSPS) is 17.1. The number of hydrogen-bond donors (Lipinski definition) is 2. The number of carbonyl (C=O) groups is 1. The zero-order valence-electron chi connectivity index (χ0n) is 15.4. The number of para-hydroxylation sites is 2. The predicted molar refractivity (Wildman–Crippen MR) is 105 cm³/mol. The second kappa shape index (κ2) is 7.70. The van der Waals surface area contributed by atoms with Crippen molar-refractivity contribution in [3.8, 4) is 5.75 Å². The van der Waals surface area contributed by atoms with Crippen LogP contribution >= 0.6 is 0 Å². The van der Waals surface area contributed by atoms with Crippen LogP contribution in [-0.4, -0.2) is 41.1 Å². The van der Waals surface area contributed by atoms with Crippen molar-refractivity contribution in [3.05, 3.63) is 59.9 Å². The van der Waals surface area contributed by atoms with Gasteiger partial charge in [0.15, 0.2) is 0 Å². The Kier molecular flexibility index (Phi) is 4.96. The zero-order chi connectivity index (χ0) is 18.6. The maximum absolute atomic E-state index is 12.6. The topological polar surface area (TPSA) is 70.2 Å². The van der Waals surface area contributed by atoms with Gasteiger partial charge >= 0.3 is 6.03 Å². The number of nitrogens with zero attached hydrogens (tertiary/aromatic N) is 2. The van der Waals surface area contributed by atoms with Crippen molar-refractivity contribution in [1.29, 1.82) is 0 Å². The molecule has 1 aromatic heterocycles. The average Bonchev–Trinajstić information content (AvgIpc) is 3.16. The van der Waals surface area contributed by atoms with Crippen LogP contribution in [0.3, 0.4) is 0 Å². The molecule has 0 unspecified atom stereocenters. The van der Waals surface area contributed by atoms with E-state index in [1.165, 1.54) is 0 Å². The van der Waals surface area contributed by atoms with E-state index in [2.05, 4.69) is 10.3 Å². The van der Waals surface area contributed by atoms with Crippen molar-refractivity contribution in [2.75, 3.05) is 20.2 Å². The quantitative estimate of drug-likeness (QED) is 0.742. The molecule has 6 nitrogen and oxygen atoms in total. The van der Waals surface area contributed by atoms with Gasteiger partial charge in [-0.2, -0.15) is 0 Å². The fourth-order valence-electron chi connectivity index (χ4n) is 3.62. The Morgan fingerprint density at radius 3 is 3.04 bits per heavy atom. The maximum atomic E-state index is 12.6. The van der Waals surface area contributed by atoms with Crippen LogP contribution in [0.25, 0.3) is 11.0 Å². The van der Waals surface area contributed by atoms with Crippen molar-refractivity contribution in [2.24, 2.45) is 0 Å². The van der Waals surface area contributed by atoms with Gasteiger partial charge in [-0.1, -0.05) is 24.3 Å². The lowest BCUT2D eigenvalue weighted by molar-refractivity contribution is 0.178. The number of H-pyrrole nitrogens is 1. The van der Waals surface area contributed by atoms with E-state index < -0.39 is 0 Å². The van der Waals surface area contributed by atoms with E-state index in [1.54, 1.807) is 7.11 Å². The lowest BCUT2D eigenvalue weighted by Crippen LogP contribution is -2.44. The van der Waals surface area contributed by atoms with Crippen LogP contribution in [-0.2, 0) is 6.54 Å². The lowest BCUT2D eigenvalue weighted by atomic mass is 9.97. The Bertz CT molecular complexity index is 904. The molecule has 1 atom stereocenters. The van der Waals surface area contributed by atoms with E-state index in [9.17, 15) is 4.79 Å². The minimum atomic E-state index is -0.0290. The van der Waals surface area contributed by atoms with Gasteiger partial charge in [0, 0.05) is 25.6 Å². The Morgan fingerprint density at radius 1 is 1.30 bits per heavy atom. The summed E-state index contributed by atoms with van der Waals surface area (Å²) in [5, 5.41) is 3.02. The number of nitrogens with one attached hydrogen (secondary N) is 2. The summed E-state index contributed by atoms with van der Waals surface area (Å²) in [6, 6.07) is 15.8. The minimum Gasteiger partial charge on any atom is -0.497 e. The van der Waals surface area contributed by atoms with Gasteiger partial charge in [-0.25, -0.2) is 9.78 Å². The number of urea groups is 1. The number of benzene rings is 2. The number of ether oxygens (including phenoxy) is 1. The highest BCUT2D eigenvalue weighted by Crippen LogP contribution is 2.26. The van der Waals surface area contributed by atoms with Gasteiger partial charge in [0.25, 0.3) is 0 Å². The molecule has 2 N–H and O–H groups in total. The molecular weight excluding hydrogens is 340 g/mol. The second-order valence-corrected chi connectivity index (χ2v) is 6.93. The Hall–Kier alpha value is -3.02. The van der Waals surface area contributed by atoms with Gasteiger partial charge < -0.3 is 19.9 Å². The van der Waals surface area contributed by atoms with Crippen molar-refractivity contribution in [3.63, 3.8) is 0 Å². The molecule has 2 amide bonds. The number of piperidine rings is 1. The van der Waals surface area contributed by atoms with Crippen molar-refractivity contribution in [2.45, 2.75) is 25.3 Å². The third kappa shape index (κ3) is 3.89. The summed E-state index contributed by atoms with van der Waals surface area (Å²) in [6.45, 7) is 1.95. The van der Waals surface area contributed by atoms with E-state index in [0.717, 1.165) is 47.6 Å². The number of hydrogen-bond acceptors (Lipinski definition) is 3. The van der Waals surface area contributed by atoms with Crippen molar-refractivity contribution in [1.82, 2.24) is 20.2 Å². The largest absolute Gasteiger partial charge is 0.497 e. The minimum absolute atomic E-state index is 0.0290. The summed E-state index contributed by atoms with van der Waals surface area (Å²) < 4.78 is 5.23. The number of rotatable bonds is 4. The first kappa shape index (κ1) is 17.4. The van der Waals surface area contributed by atoms with Gasteiger partial charge in [0.1, 0.15) is 11.6 Å². The number of methoxy groups -OCH3 is 1. The van der Waals surface area contributed by atoms with Gasteiger partial charge in [-0.3, -0.25) is 0 Å². The molecule has 0 bridgehead atoms. The molecule has 0 radical (unpaired) electrons. The highest BCUT2D eigenvalue weighted by molar-refractivity contribution is 5.75. The maximum Gasteiger partial charge on any atom is 0.317 e. The Balaban J connectivity index is 1.39. The Labute approximate surface area is 158 Å². The van der Waals surface area contributed by atoms with Gasteiger partial charge in [0.2, 0.25) is 0 Å². The van der Waals surface area contributed by atoms with Crippen LogP contribution in [0.5, 0.6) is 5.75 Å². The summed E-state index contributed by atoms with van der Waals surface area (Å²) in [5.41, 5.74) is 3.05. The SMILES string of the molecule is COc1cccc(CNC(=O)N2CCC[C@@H](c3nc4ccccc4[nH]3)C2)c1. The molecule has 4 rings (SSSR count). The smallest absolute Gasteiger partial charge is 0.317 e. The Morgan fingerprint density at radius 2 is 2.19 bits per heavy atom. The zero-order valence-corrected chi connectivity index (χ0v) is 15.4. The molecule has 0 spiro atoms. The van der Waals surface area contributed by atoms with E-state index >= 15 is 0 Å². The van der Waals surface area contributed by atoms with Crippen LogP contribution in [0.4, 0.5) is 4.79 Å². The molecule has 6 heteroatoms. The van der Waals surface area contributed by atoms with Crippen molar-refractivity contribution < 1.29 is 9.53 Å². The van der Waals surface area contributed by atoms with Crippen LogP contribution in [0.15, 0.2) is 48.5 Å². The fourth-order valence-corrected chi connectivity index (χ4v) is 3.62. The highest BCUT2D eigenvalue weighted by atomic mass is 16.5. The molecule has 1 aliphatic rings. The summed E-state index contributed by atoms with van der Waals surface area (Å²) >= 11 is 0. The first-order valence-corrected chi connectivity index (χ1v) is 9.33. The van der Waals surface area contributed by atoms with Gasteiger partial charge in [-0.05, 0) is 42.7 Å². The van der Waals surface area contributed by atoms with Crippen LogP contribution in [0.1, 0.15) is 30.1 Å². The third-order valence-corrected chi connectivity index (χ3v) is 5.08. The summed E-state index contributed by atoms with van der Waals surface area (Å²) in [5.74, 6) is 2.01. The number of amides is 2. The fraction of sp³-hybridized carbons (Fsp3) is 0.333. The number of imidazole rings is 1. The number of fused-ring (bicyclic) bond motifs is 1. The monoisotopic (exact) mass is 364 g/mol. The second-order valence-electron chi connectivity index (χ2n) is 6.93. The van der Waals surface area contributed by atoms with Crippen molar-refractivity contribution >= 4 is 17.1 Å². The molecule has 1 saturated heterocycles. The van der Waals surface area contributed by atoms with Gasteiger partial charge in [0.05, 0.1) is 18.1 Å². The number of aromatic nitrogens is 2. The molecule has 2 aromatic carbocycles. The number of likely N-dealkylation sites (tertiary alicyclic amines) is 1. The van der Waals surface area contributed by atoms with Gasteiger partial charge in [-0.15, -0.1) is 0 Å². The van der Waals surface area contributed by atoms with E-state index in [4.69, 9.17) is 9.72 Å². The number of carbonyl (C=O) groups excluding carboxylic acids is 1. The molecular formula is C21H24N4O2. The molecule has 140 valence electrons. The predicted octanol–water partition coefficient (Wildman–Crippen LogP) is 3.66. The van der Waals surface area contributed by atoms with Crippen LogP contribution in [0.2, 0.25) is 0 Å². The molecule has 27 heavy (non-hydrogen) atoms. The molecule has 0 saturated carbocycles. The standard InChI is InChI=1S/C21H24N4O2/c1-27-17-8-4-6-15(12-17)13-22-21(26)25-11-5-7-16(14-25)20-23-18-9-2-3-10-19(18)24-20/h2-4,6,8-10,12,16H,5,7,11,13-14H2,1H3,(H,22,26)(H,23,24)/t16-/m1/s1. The summed E-state index contributed by atoms with van der Waals surface area (Å²) in [7, 11) is 1.64. The molecule has 1 fully saturated rings. The first-order valence-electron chi connectivity index (χ1n) is 9.33. The van der Waals surface area contributed by atoms with E-state index in [1.807, 2.05) is 53.4 Å². The van der Waals surface area contributed by atoms with Crippen LogP contribution < -0.4 is 10.1 Å². The molecule has 0 aliphatic carbocycles. The molecule has 3 aromatic rings. The molecule has 2 heterocycles. The summed E-state index contributed by atoms with van der Waals surface area (Å²) in [4.78, 5) is 22.6. The lowest BCUT2D eigenvalue weighted by Gasteiger charge is -2.31. The van der Waals surface area contributed by atoms with E-state index in [-0.39, 0.29) is 11.9 Å². The molecule has 1 aliphatic heterocycles. The third-order valence-electron chi connectivity index (χ3n) is 5.08. The first-order chi connectivity index (χ1) is 13.2.